The van der Waals surface area contributed by atoms with Crippen molar-refractivity contribution in [3.63, 3.8) is 0 Å². The van der Waals surface area contributed by atoms with Crippen LogP contribution in [0.25, 0.3) is 0 Å². The normalized spacial score (nSPS) is 11.9. The van der Waals surface area contributed by atoms with Crippen molar-refractivity contribution in [2.75, 3.05) is 25.0 Å². The Kier molecular flexibility index (Phi) is 9.52. The first-order valence-corrected chi connectivity index (χ1v) is 13.8. The van der Waals surface area contributed by atoms with Gasteiger partial charge in [-0.1, -0.05) is 55.0 Å². The number of hydrogen-bond acceptors (Lipinski definition) is 5. The van der Waals surface area contributed by atoms with E-state index in [0.717, 1.165) is 21.0 Å². The van der Waals surface area contributed by atoms with Gasteiger partial charge in [0, 0.05) is 19.7 Å². The summed E-state index contributed by atoms with van der Waals surface area (Å²) in [6, 6.07) is 19.8. The second kappa shape index (κ2) is 12.6. The lowest BCUT2D eigenvalue weighted by molar-refractivity contribution is -0.140. The molecule has 0 spiro atoms. The van der Waals surface area contributed by atoms with Crippen LogP contribution in [-0.4, -0.2) is 51.9 Å². The second-order valence-electron chi connectivity index (χ2n) is 9.01. The molecule has 38 heavy (non-hydrogen) atoms. The Hall–Kier alpha value is -3.85. The Morgan fingerprint density at radius 2 is 1.66 bits per heavy atom. The summed E-state index contributed by atoms with van der Waals surface area (Å²) < 4.78 is 34.1. The minimum atomic E-state index is -4.13. The van der Waals surface area contributed by atoms with Gasteiger partial charge in [-0.25, -0.2) is 8.42 Å². The SMILES string of the molecule is CC[C@@H](C(=O)NC)N(Cc1ccccc1C)C(=O)CN(c1cccc(OC)c1)S(=O)(=O)c1ccc(C)cc1. The Morgan fingerprint density at radius 1 is 0.974 bits per heavy atom. The van der Waals surface area contributed by atoms with Gasteiger partial charge in [0.15, 0.2) is 0 Å². The molecule has 9 heteroatoms. The molecule has 0 aliphatic heterocycles. The predicted octanol–water partition coefficient (Wildman–Crippen LogP) is 4.06. The van der Waals surface area contributed by atoms with Crippen LogP contribution in [0.2, 0.25) is 0 Å². The highest BCUT2D eigenvalue weighted by molar-refractivity contribution is 7.92. The number of likely N-dealkylation sites (N-methyl/N-ethyl adjacent to an activating group) is 1. The molecule has 8 nitrogen and oxygen atoms in total. The fourth-order valence-electron chi connectivity index (χ4n) is 4.19. The summed E-state index contributed by atoms with van der Waals surface area (Å²) in [5, 5.41) is 2.63. The van der Waals surface area contributed by atoms with E-state index in [1.165, 1.54) is 31.2 Å². The Labute approximate surface area is 225 Å². The third kappa shape index (κ3) is 6.52. The van der Waals surface area contributed by atoms with Gasteiger partial charge < -0.3 is 15.0 Å². The maximum atomic E-state index is 14.0. The summed E-state index contributed by atoms with van der Waals surface area (Å²) in [5.41, 5.74) is 3.03. The average molecular weight is 538 g/mol. The van der Waals surface area contributed by atoms with E-state index >= 15 is 0 Å². The highest BCUT2D eigenvalue weighted by Gasteiger charge is 2.33. The van der Waals surface area contributed by atoms with Gasteiger partial charge in [0.05, 0.1) is 17.7 Å². The van der Waals surface area contributed by atoms with Crippen molar-refractivity contribution in [2.24, 2.45) is 0 Å². The standard InChI is InChI=1S/C29H35N3O5S/c1-6-27(29(34)30-4)31(19-23-11-8-7-10-22(23)3)28(33)20-32(24-12-9-13-25(18-24)37-5)38(35,36)26-16-14-21(2)15-17-26/h7-18,27H,6,19-20H2,1-5H3,(H,30,34)/t27-/m0/s1. The number of benzene rings is 3. The van der Waals surface area contributed by atoms with Gasteiger partial charge in [-0.2, -0.15) is 0 Å². The number of ether oxygens (including phenoxy) is 1. The average Bonchev–Trinajstić information content (AvgIpc) is 2.92. The van der Waals surface area contributed by atoms with Crippen molar-refractivity contribution in [2.45, 2.75) is 44.7 Å². The highest BCUT2D eigenvalue weighted by Crippen LogP contribution is 2.28. The van der Waals surface area contributed by atoms with Crippen molar-refractivity contribution in [3.05, 3.63) is 89.5 Å². The number of carbonyl (C=O) groups excluding carboxylic acids is 2. The molecule has 0 bridgehead atoms. The summed E-state index contributed by atoms with van der Waals surface area (Å²) >= 11 is 0. The molecule has 0 heterocycles. The molecule has 0 saturated carbocycles. The van der Waals surface area contributed by atoms with E-state index in [4.69, 9.17) is 4.74 Å². The van der Waals surface area contributed by atoms with Crippen LogP contribution in [0.4, 0.5) is 5.69 Å². The van der Waals surface area contributed by atoms with Gasteiger partial charge in [-0.05, 0) is 55.7 Å². The van der Waals surface area contributed by atoms with E-state index in [2.05, 4.69) is 5.32 Å². The van der Waals surface area contributed by atoms with E-state index in [0.29, 0.717) is 12.2 Å². The molecule has 2 amide bonds. The molecule has 0 aliphatic rings. The molecule has 1 atom stereocenters. The molecule has 3 rings (SSSR count). The quantitative estimate of drug-likeness (QED) is 0.398. The third-order valence-corrected chi connectivity index (χ3v) is 8.25. The monoisotopic (exact) mass is 537 g/mol. The third-order valence-electron chi connectivity index (χ3n) is 6.46. The zero-order valence-electron chi connectivity index (χ0n) is 22.5. The molecule has 0 aliphatic carbocycles. The molecule has 0 radical (unpaired) electrons. The summed E-state index contributed by atoms with van der Waals surface area (Å²) in [6.07, 6.45) is 0.362. The number of sulfonamides is 1. The van der Waals surface area contributed by atoms with E-state index in [1.54, 1.807) is 36.4 Å². The fourth-order valence-corrected chi connectivity index (χ4v) is 5.59. The minimum absolute atomic E-state index is 0.0579. The van der Waals surface area contributed by atoms with Crippen molar-refractivity contribution in [1.82, 2.24) is 10.2 Å². The van der Waals surface area contributed by atoms with Crippen molar-refractivity contribution in [1.29, 1.82) is 0 Å². The molecule has 0 aromatic heterocycles. The summed E-state index contributed by atoms with van der Waals surface area (Å²) in [7, 11) is -1.13. The zero-order chi connectivity index (χ0) is 27.9. The van der Waals surface area contributed by atoms with Crippen LogP contribution in [0, 0.1) is 13.8 Å². The van der Waals surface area contributed by atoms with E-state index in [1.807, 2.05) is 45.0 Å². The van der Waals surface area contributed by atoms with Gasteiger partial charge in [0.25, 0.3) is 10.0 Å². The van der Waals surface area contributed by atoms with Crippen molar-refractivity contribution in [3.8, 4) is 5.75 Å². The van der Waals surface area contributed by atoms with Crippen molar-refractivity contribution >= 4 is 27.5 Å². The van der Waals surface area contributed by atoms with Crippen LogP contribution < -0.4 is 14.4 Å². The largest absolute Gasteiger partial charge is 0.497 e. The summed E-state index contributed by atoms with van der Waals surface area (Å²) in [6.45, 7) is 5.29. The van der Waals surface area contributed by atoms with Gasteiger partial charge in [0.2, 0.25) is 11.8 Å². The molecule has 1 N–H and O–H groups in total. The Morgan fingerprint density at radius 3 is 2.26 bits per heavy atom. The molecule has 0 unspecified atom stereocenters. The maximum Gasteiger partial charge on any atom is 0.264 e. The lowest BCUT2D eigenvalue weighted by Gasteiger charge is -2.33. The number of carbonyl (C=O) groups is 2. The number of nitrogens with zero attached hydrogens (tertiary/aromatic N) is 2. The minimum Gasteiger partial charge on any atom is -0.497 e. The van der Waals surface area contributed by atoms with Crippen molar-refractivity contribution < 1.29 is 22.7 Å². The molecule has 202 valence electrons. The number of methoxy groups -OCH3 is 1. The second-order valence-corrected chi connectivity index (χ2v) is 10.9. The number of nitrogens with one attached hydrogen (secondary N) is 1. The van der Waals surface area contributed by atoms with Crippen LogP contribution in [0.15, 0.2) is 77.7 Å². The first-order valence-electron chi connectivity index (χ1n) is 12.4. The number of aryl methyl sites for hydroxylation is 2. The van der Waals surface area contributed by atoms with Crippen LogP contribution >= 0.6 is 0 Å². The number of anilines is 1. The molecule has 3 aromatic carbocycles. The topological polar surface area (TPSA) is 96.0 Å². The lowest BCUT2D eigenvalue weighted by Crippen LogP contribution is -2.51. The highest BCUT2D eigenvalue weighted by atomic mass is 32.2. The van der Waals surface area contributed by atoms with Gasteiger partial charge in [-0.3, -0.25) is 13.9 Å². The summed E-state index contributed by atoms with van der Waals surface area (Å²) in [4.78, 5) is 28.3. The van der Waals surface area contributed by atoms with Gasteiger partial charge >= 0.3 is 0 Å². The molecular formula is C29H35N3O5S. The Balaban J connectivity index is 2.09. The van der Waals surface area contributed by atoms with Gasteiger partial charge in [0.1, 0.15) is 18.3 Å². The summed E-state index contributed by atoms with van der Waals surface area (Å²) in [5.74, 6) is -0.362. The molecule has 0 fully saturated rings. The first-order chi connectivity index (χ1) is 18.1. The number of rotatable bonds is 11. The number of amides is 2. The smallest absolute Gasteiger partial charge is 0.264 e. The molecule has 3 aromatic rings. The molecular weight excluding hydrogens is 502 g/mol. The van der Waals surface area contributed by atoms with E-state index < -0.39 is 28.5 Å². The molecule has 0 saturated heterocycles. The Bertz CT molecular complexity index is 1370. The first kappa shape index (κ1) is 28.7. The van der Waals surface area contributed by atoms with E-state index in [-0.39, 0.29) is 23.0 Å². The zero-order valence-corrected chi connectivity index (χ0v) is 23.3. The predicted molar refractivity (Wildman–Crippen MR) is 149 cm³/mol. The van der Waals surface area contributed by atoms with Crippen LogP contribution in [0.1, 0.15) is 30.0 Å². The van der Waals surface area contributed by atoms with Gasteiger partial charge in [-0.15, -0.1) is 0 Å². The lowest BCUT2D eigenvalue weighted by atomic mass is 10.1. The maximum absolute atomic E-state index is 14.0. The van der Waals surface area contributed by atoms with Crippen LogP contribution in [0.5, 0.6) is 5.75 Å². The van der Waals surface area contributed by atoms with Crippen LogP contribution in [0.3, 0.4) is 0 Å². The fraction of sp³-hybridized carbons (Fsp3) is 0.310. The van der Waals surface area contributed by atoms with Crippen LogP contribution in [-0.2, 0) is 26.2 Å². The van der Waals surface area contributed by atoms with E-state index in [9.17, 15) is 18.0 Å². The number of hydrogen-bond donors (Lipinski definition) is 1.